The van der Waals surface area contributed by atoms with Crippen molar-refractivity contribution < 1.29 is 24.5 Å². The summed E-state index contributed by atoms with van der Waals surface area (Å²) in [4.78, 5) is 12.0. The van der Waals surface area contributed by atoms with Crippen LogP contribution in [-0.2, 0) is 14.3 Å². The lowest BCUT2D eigenvalue weighted by molar-refractivity contribution is -0.346. The van der Waals surface area contributed by atoms with Gasteiger partial charge < -0.3 is 19.7 Å². The second-order valence-electron chi connectivity index (χ2n) is 7.04. The maximum Gasteiger partial charge on any atom is 0.311 e. The molecule has 0 unspecified atom stereocenters. The highest BCUT2D eigenvalue weighted by molar-refractivity contribution is 5.74. The lowest BCUT2D eigenvalue weighted by Gasteiger charge is -2.54. The Morgan fingerprint density at radius 2 is 1.85 bits per heavy atom. The van der Waals surface area contributed by atoms with Gasteiger partial charge in [0.15, 0.2) is 5.79 Å². The molecule has 0 aromatic heterocycles. The van der Waals surface area contributed by atoms with Crippen LogP contribution in [0.4, 0.5) is 0 Å². The Hall–Kier alpha value is -0.650. The number of rotatable bonds is 0. The molecule has 0 bridgehead atoms. The van der Waals surface area contributed by atoms with Gasteiger partial charge in [0.25, 0.3) is 0 Å². The highest BCUT2D eigenvalue weighted by Crippen LogP contribution is 2.54. The molecule has 0 aromatic rings. The van der Waals surface area contributed by atoms with Crippen molar-refractivity contribution >= 4 is 5.97 Å². The highest BCUT2D eigenvalue weighted by atomic mass is 16.8. The van der Waals surface area contributed by atoms with Crippen molar-refractivity contribution in [3.05, 3.63) is 0 Å². The van der Waals surface area contributed by atoms with E-state index in [4.69, 9.17) is 9.47 Å². The van der Waals surface area contributed by atoms with E-state index in [0.717, 1.165) is 12.8 Å². The first-order valence-electron chi connectivity index (χ1n) is 7.59. The van der Waals surface area contributed by atoms with Crippen molar-refractivity contribution in [1.29, 1.82) is 0 Å². The number of hydrogen-bond acceptors (Lipinski definition) is 5. The van der Waals surface area contributed by atoms with Gasteiger partial charge in [-0.25, -0.2) is 0 Å². The van der Waals surface area contributed by atoms with E-state index >= 15 is 0 Å². The van der Waals surface area contributed by atoms with Crippen LogP contribution in [0.2, 0.25) is 0 Å². The van der Waals surface area contributed by atoms with E-state index in [1.807, 2.05) is 6.92 Å². The number of carbonyl (C=O) groups excluding carboxylic acids is 1. The van der Waals surface area contributed by atoms with Crippen molar-refractivity contribution in [2.45, 2.75) is 64.1 Å². The van der Waals surface area contributed by atoms with Gasteiger partial charge in [0.05, 0.1) is 5.92 Å². The molecule has 0 amide bonds. The van der Waals surface area contributed by atoms with E-state index in [1.165, 1.54) is 0 Å². The molecule has 1 aliphatic carbocycles. The van der Waals surface area contributed by atoms with Gasteiger partial charge in [0.1, 0.15) is 5.60 Å². The zero-order chi connectivity index (χ0) is 14.7. The quantitative estimate of drug-likeness (QED) is 0.658. The van der Waals surface area contributed by atoms with Gasteiger partial charge in [-0.1, -0.05) is 13.8 Å². The van der Waals surface area contributed by atoms with Crippen LogP contribution in [0.15, 0.2) is 0 Å². The van der Waals surface area contributed by atoms with Gasteiger partial charge in [0, 0.05) is 12.3 Å². The van der Waals surface area contributed by atoms with Crippen molar-refractivity contribution in [3.8, 4) is 0 Å². The van der Waals surface area contributed by atoms with Gasteiger partial charge in [-0.05, 0) is 38.0 Å². The first-order valence-corrected chi connectivity index (χ1v) is 7.59. The summed E-state index contributed by atoms with van der Waals surface area (Å²) < 4.78 is 10.9. The molecule has 20 heavy (non-hydrogen) atoms. The molecule has 2 saturated heterocycles. The molecule has 5 nitrogen and oxygen atoms in total. The molecule has 0 radical (unpaired) electrons. The first-order chi connectivity index (χ1) is 9.25. The second kappa shape index (κ2) is 4.42. The summed E-state index contributed by atoms with van der Waals surface area (Å²) in [5.41, 5.74) is -1.18. The Morgan fingerprint density at radius 1 is 1.15 bits per heavy atom. The van der Waals surface area contributed by atoms with Gasteiger partial charge >= 0.3 is 5.97 Å². The summed E-state index contributed by atoms with van der Waals surface area (Å²) in [6.07, 6.45) is 1.86. The van der Waals surface area contributed by atoms with E-state index in [9.17, 15) is 15.0 Å². The van der Waals surface area contributed by atoms with E-state index in [1.54, 1.807) is 6.92 Å². The van der Waals surface area contributed by atoms with E-state index < -0.39 is 17.7 Å². The molecule has 2 heterocycles. The van der Waals surface area contributed by atoms with Crippen LogP contribution in [0.3, 0.4) is 0 Å². The maximum absolute atomic E-state index is 12.0. The first kappa shape index (κ1) is 14.3. The van der Waals surface area contributed by atoms with Crippen LogP contribution < -0.4 is 0 Å². The summed E-state index contributed by atoms with van der Waals surface area (Å²) in [5, 5.41) is 21.6. The third kappa shape index (κ3) is 1.90. The fourth-order valence-corrected chi connectivity index (χ4v) is 4.42. The molecular weight excluding hydrogens is 260 g/mol. The average molecular weight is 284 g/mol. The molecule has 2 aliphatic heterocycles. The summed E-state index contributed by atoms with van der Waals surface area (Å²) in [6, 6.07) is 0. The molecule has 5 heteroatoms. The zero-order valence-corrected chi connectivity index (χ0v) is 12.3. The lowest BCUT2D eigenvalue weighted by Crippen LogP contribution is -2.65. The number of carbonyl (C=O) groups is 1. The summed E-state index contributed by atoms with van der Waals surface area (Å²) in [5.74, 6) is -1.84. The van der Waals surface area contributed by atoms with Gasteiger partial charge in [-0.15, -0.1) is 0 Å². The van der Waals surface area contributed by atoms with Gasteiger partial charge in [-0.3, -0.25) is 4.79 Å². The number of ether oxygens (including phenoxy) is 2. The van der Waals surface area contributed by atoms with Crippen molar-refractivity contribution in [1.82, 2.24) is 0 Å². The largest absolute Gasteiger partial charge is 0.432 e. The summed E-state index contributed by atoms with van der Waals surface area (Å²) in [7, 11) is 0. The Kier molecular flexibility index (Phi) is 3.16. The monoisotopic (exact) mass is 284 g/mol. The molecule has 0 aromatic carbocycles. The molecule has 3 fully saturated rings. The fourth-order valence-electron chi connectivity index (χ4n) is 4.42. The fraction of sp³-hybridized carbons (Fsp3) is 0.933. The third-order valence-corrected chi connectivity index (χ3v) is 5.66. The minimum atomic E-state index is -1.36. The van der Waals surface area contributed by atoms with Crippen LogP contribution in [0.5, 0.6) is 0 Å². The zero-order valence-electron chi connectivity index (χ0n) is 12.3. The SMILES string of the molecule is C[C@@H]1CC[C@H]2[C@@H](C)C(=O)O[C@@H]3O[C@@](C)(O)CC[C@@H]1[C@]32O. The van der Waals surface area contributed by atoms with Crippen LogP contribution >= 0.6 is 0 Å². The van der Waals surface area contributed by atoms with E-state index in [-0.39, 0.29) is 23.7 Å². The Balaban J connectivity index is 2.05. The van der Waals surface area contributed by atoms with Gasteiger partial charge in [-0.2, -0.15) is 0 Å². The summed E-state index contributed by atoms with van der Waals surface area (Å²) in [6.45, 7) is 5.51. The number of hydrogen-bond donors (Lipinski definition) is 2. The van der Waals surface area contributed by atoms with Crippen molar-refractivity contribution in [3.63, 3.8) is 0 Å². The molecule has 1 saturated carbocycles. The Bertz CT molecular complexity index is 420. The molecule has 114 valence electrons. The molecule has 7 atom stereocenters. The van der Waals surface area contributed by atoms with Crippen molar-refractivity contribution in [2.75, 3.05) is 0 Å². The highest BCUT2D eigenvalue weighted by Gasteiger charge is 2.63. The molecule has 3 rings (SSSR count). The molecular formula is C15H24O5. The molecule has 0 spiro atoms. The Morgan fingerprint density at radius 3 is 2.55 bits per heavy atom. The second-order valence-corrected chi connectivity index (χ2v) is 7.04. The standard InChI is InChI=1S/C15H24O5/c1-8-4-5-11-9(2)12(16)19-13-15(11,18)10(8)6-7-14(3,17)20-13/h8-11,13,17-18H,4-7H2,1-3H3/t8-,9-,10+,11+,13-,14-,15-/m1/s1. The van der Waals surface area contributed by atoms with E-state index in [0.29, 0.717) is 18.8 Å². The number of esters is 1. The molecule has 2 N–H and O–H groups in total. The smallest absolute Gasteiger partial charge is 0.311 e. The van der Waals surface area contributed by atoms with Crippen LogP contribution in [0, 0.1) is 23.7 Å². The lowest BCUT2D eigenvalue weighted by atomic mass is 9.58. The van der Waals surface area contributed by atoms with Crippen molar-refractivity contribution in [2.24, 2.45) is 23.7 Å². The predicted octanol–water partition coefficient (Wildman–Crippen LogP) is 1.42. The topological polar surface area (TPSA) is 76.0 Å². The number of aliphatic hydroxyl groups is 2. The minimum absolute atomic E-state index is 0.00391. The maximum atomic E-state index is 12.0. The van der Waals surface area contributed by atoms with Crippen LogP contribution in [-0.4, -0.2) is 33.9 Å². The van der Waals surface area contributed by atoms with Crippen LogP contribution in [0.1, 0.15) is 46.5 Å². The third-order valence-electron chi connectivity index (χ3n) is 5.66. The summed E-state index contributed by atoms with van der Waals surface area (Å²) >= 11 is 0. The van der Waals surface area contributed by atoms with Crippen LogP contribution in [0.25, 0.3) is 0 Å². The minimum Gasteiger partial charge on any atom is -0.432 e. The Labute approximate surface area is 119 Å². The predicted molar refractivity (Wildman–Crippen MR) is 70.3 cm³/mol. The van der Waals surface area contributed by atoms with Gasteiger partial charge in [0.2, 0.25) is 6.29 Å². The average Bonchev–Trinajstić information content (AvgIpc) is 2.44. The normalized spacial score (nSPS) is 55.6. The van der Waals surface area contributed by atoms with E-state index in [2.05, 4.69) is 6.92 Å². The molecule has 3 aliphatic rings.